The zero-order chi connectivity index (χ0) is 15.1. The van der Waals surface area contributed by atoms with Crippen LogP contribution in [0.3, 0.4) is 0 Å². The number of nitrogens with zero attached hydrogens (tertiary/aromatic N) is 1. The molecule has 6 heteroatoms. The summed E-state index contributed by atoms with van der Waals surface area (Å²) < 4.78 is 13.4. The number of carbonyl (C=O) groups is 2. The first-order chi connectivity index (χ1) is 9.47. The Morgan fingerprint density at radius 1 is 1.40 bits per heavy atom. The molecule has 1 N–H and O–H groups in total. The minimum atomic E-state index is -1.01. The highest BCUT2D eigenvalue weighted by molar-refractivity contribution is 7.99. The highest BCUT2D eigenvalue weighted by Crippen LogP contribution is 2.22. The molecule has 1 amide bonds. The van der Waals surface area contributed by atoms with Gasteiger partial charge in [0.05, 0.1) is 0 Å². The summed E-state index contributed by atoms with van der Waals surface area (Å²) in [6.07, 6.45) is 0.539. The van der Waals surface area contributed by atoms with Gasteiger partial charge < -0.3 is 10.0 Å². The van der Waals surface area contributed by atoms with Gasteiger partial charge in [0, 0.05) is 24.1 Å². The first-order valence-corrected chi connectivity index (χ1v) is 7.31. The van der Waals surface area contributed by atoms with Crippen molar-refractivity contribution in [2.75, 3.05) is 12.8 Å². The van der Waals surface area contributed by atoms with Crippen molar-refractivity contribution in [1.29, 1.82) is 0 Å². The lowest BCUT2D eigenvalue weighted by Gasteiger charge is -2.23. The number of carboxylic acids is 1. The second-order valence-electron chi connectivity index (χ2n) is 4.30. The van der Waals surface area contributed by atoms with Crippen LogP contribution in [0.25, 0.3) is 0 Å². The fraction of sp³-hybridized carbons (Fsp3) is 0.429. The van der Waals surface area contributed by atoms with Gasteiger partial charge in [0.15, 0.2) is 0 Å². The molecule has 0 aliphatic rings. The van der Waals surface area contributed by atoms with Crippen molar-refractivity contribution in [3.8, 4) is 0 Å². The third kappa shape index (κ3) is 4.52. The summed E-state index contributed by atoms with van der Waals surface area (Å²) in [5.74, 6) is -1.15. The second kappa shape index (κ2) is 7.89. The lowest BCUT2D eigenvalue weighted by molar-refractivity contribution is -0.149. The molecule has 1 aromatic carbocycles. The van der Waals surface area contributed by atoms with E-state index in [1.165, 1.54) is 29.8 Å². The molecular formula is C14H18FNO3S. The lowest BCUT2D eigenvalue weighted by atomic mass is 10.2. The van der Waals surface area contributed by atoms with Crippen molar-refractivity contribution in [3.63, 3.8) is 0 Å². The summed E-state index contributed by atoms with van der Waals surface area (Å²) in [5.41, 5.74) is 0. The second-order valence-corrected chi connectivity index (χ2v) is 5.43. The predicted octanol–water partition coefficient (Wildman–Crippen LogP) is 2.63. The van der Waals surface area contributed by atoms with Crippen molar-refractivity contribution < 1.29 is 19.1 Å². The van der Waals surface area contributed by atoms with Crippen molar-refractivity contribution in [1.82, 2.24) is 4.90 Å². The minimum absolute atomic E-state index is 0.180. The molecule has 4 nitrogen and oxygen atoms in total. The number of amides is 1. The maximum atomic E-state index is 13.4. The Labute approximate surface area is 122 Å². The van der Waals surface area contributed by atoms with Crippen molar-refractivity contribution in [2.45, 2.75) is 30.7 Å². The van der Waals surface area contributed by atoms with Gasteiger partial charge in [-0.1, -0.05) is 19.1 Å². The van der Waals surface area contributed by atoms with Crippen LogP contribution in [0.15, 0.2) is 29.2 Å². The van der Waals surface area contributed by atoms with Crippen molar-refractivity contribution >= 4 is 23.6 Å². The van der Waals surface area contributed by atoms with Crippen LogP contribution in [0.2, 0.25) is 0 Å². The molecule has 1 rings (SSSR count). The third-order valence-corrected chi connectivity index (χ3v) is 3.99. The Kier molecular flexibility index (Phi) is 6.51. The quantitative estimate of drug-likeness (QED) is 0.786. The molecule has 0 aliphatic carbocycles. The molecule has 0 bridgehead atoms. The molecule has 0 fully saturated rings. The van der Waals surface area contributed by atoms with Gasteiger partial charge in [0.25, 0.3) is 0 Å². The summed E-state index contributed by atoms with van der Waals surface area (Å²) in [6.45, 7) is 1.72. The molecule has 1 atom stereocenters. The number of benzene rings is 1. The largest absolute Gasteiger partial charge is 0.480 e. The summed E-state index contributed by atoms with van der Waals surface area (Å²) in [7, 11) is 1.48. The van der Waals surface area contributed by atoms with Crippen LogP contribution in [0.1, 0.15) is 19.8 Å². The monoisotopic (exact) mass is 299 g/mol. The molecule has 0 spiro atoms. The Bertz CT molecular complexity index is 481. The van der Waals surface area contributed by atoms with Crippen LogP contribution >= 0.6 is 11.8 Å². The number of thioether (sulfide) groups is 1. The van der Waals surface area contributed by atoms with Crippen LogP contribution in [0.4, 0.5) is 4.39 Å². The highest BCUT2D eigenvalue weighted by atomic mass is 32.2. The molecule has 1 unspecified atom stereocenters. The summed E-state index contributed by atoms with van der Waals surface area (Å²) in [4.78, 5) is 24.6. The number of carboxylic acid groups (broad SMARTS) is 1. The van der Waals surface area contributed by atoms with Gasteiger partial charge in [0.1, 0.15) is 11.9 Å². The summed E-state index contributed by atoms with van der Waals surface area (Å²) in [6, 6.07) is 5.56. The van der Waals surface area contributed by atoms with E-state index in [0.717, 1.165) is 0 Å². The Morgan fingerprint density at radius 2 is 2.05 bits per heavy atom. The Morgan fingerprint density at radius 3 is 2.60 bits per heavy atom. The number of halogens is 1. The highest BCUT2D eigenvalue weighted by Gasteiger charge is 2.24. The molecule has 0 saturated carbocycles. The van der Waals surface area contributed by atoms with E-state index in [9.17, 15) is 14.0 Å². The van der Waals surface area contributed by atoms with Gasteiger partial charge in [-0.15, -0.1) is 11.8 Å². The van der Waals surface area contributed by atoms with Crippen LogP contribution in [0.5, 0.6) is 0 Å². The fourth-order valence-corrected chi connectivity index (χ4v) is 2.65. The van der Waals surface area contributed by atoms with Gasteiger partial charge >= 0.3 is 5.97 Å². The van der Waals surface area contributed by atoms with E-state index < -0.39 is 12.0 Å². The fourth-order valence-electron chi connectivity index (χ4n) is 1.77. The first-order valence-electron chi connectivity index (χ1n) is 6.33. The predicted molar refractivity (Wildman–Crippen MR) is 76.2 cm³/mol. The number of likely N-dealkylation sites (N-methyl/N-ethyl adjacent to an activating group) is 1. The molecule has 0 aromatic heterocycles. The SMILES string of the molecule is CCC(C(=O)O)N(C)C(=O)CCSc1ccccc1F. The van der Waals surface area contributed by atoms with E-state index >= 15 is 0 Å². The molecule has 0 saturated heterocycles. The number of aliphatic carboxylic acids is 1. The van der Waals surface area contributed by atoms with Crippen molar-refractivity contribution in [2.24, 2.45) is 0 Å². The van der Waals surface area contributed by atoms with E-state index in [2.05, 4.69) is 0 Å². The van der Waals surface area contributed by atoms with Crippen molar-refractivity contribution in [3.05, 3.63) is 30.1 Å². The van der Waals surface area contributed by atoms with Gasteiger partial charge in [-0.25, -0.2) is 9.18 Å². The van der Waals surface area contributed by atoms with Crippen LogP contribution < -0.4 is 0 Å². The Hall–Kier alpha value is -1.56. The third-order valence-electron chi connectivity index (χ3n) is 2.94. The molecule has 1 aromatic rings. The number of hydrogen-bond donors (Lipinski definition) is 1. The van der Waals surface area contributed by atoms with Crippen LogP contribution in [-0.2, 0) is 9.59 Å². The lowest BCUT2D eigenvalue weighted by Crippen LogP contribution is -2.42. The van der Waals surface area contributed by atoms with Gasteiger partial charge in [-0.3, -0.25) is 4.79 Å². The van der Waals surface area contributed by atoms with E-state index in [1.54, 1.807) is 25.1 Å². The normalized spacial score (nSPS) is 11.9. The molecular weight excluding hydrogens is 281 g/mol. The number of rotatable bonds is 7. The standard InChI is InChI=1S/C14H18FNO3S/c1-3-11(14(18)19)16(2)13(17)8-9-20-12-7-5-4-6-10(12)15/h4-7,11H,3,8-9H2,1-2H3,(H,18,19). The average molecular weight is 299 g/mol. The zero-order valence-corrected chi connectivity index (χ0v) is 12.3. The first kappa shape index (κ1) is 16.5. The van der Waals surface area contributed by atoms with E-state index in [0.29, 0.717) is 17.1 Å². The minimum Gasteiger partial charge on any atom is -0.480 e. The molecule has 110 valence electrons. The number of carbonyl (C=O) groups excluding carboxylic acids is 1. The molecule has 0 aliphatic heterocycles. The smallest absolute Gasteiger partial charge is 0.326 e. The number of hydrogen-bond acceptors (Lipinski definition) is 3. The Balaban J connectivity index is 2.47. The molecule has 20 heavy (non-hydrogen) atoms. The van der Waals surface area contributed by atoms with Gasteiger partial charge in [-0.2, -0.15) is 0 Å². The van der Waals surface area contributed by atoms with Crippen LogP contribution in [-0.4, -0.2) is 40.7 Å². The maximum Gasteiger partial charge on any atom is 0.326 e. The van der Waals surface area contributed by atoms with Gasteiger partial charge in [-0.05, 0) is 18.6 Å². The summed E-state index contributed by atoms with van der Waals surface area (Å²) >= 11 is 1.25. The topological polar surface area (TPSA) is 57.6 Å². The maximum absolute atomic E-state index is 13.4. The zero-order valence-electron chi connectivity index (χ0n) is 11.5. The van der Waals surface area contributed by atoms with E-state index in [1.807, 2.05) is 0 Å². The average Bonchev–Trinajstić information content (AvgIpc) is 2.41. The van der Waals surface area contributed by atoms with E-state index in [-0.39, 0.29) is 18.1 Å². The van der Waals surface area contributed by atoms with Crippen LogP contribution in [0, 0.1) is 5.82 Å². The summed E-state index contributed by atoms with van der Waals surface area (Å²) in [5, 5.41) is 8.98. The van der Waals surface area contributed by atoms with Gasteiger partial charge in [0.2, 0.25) is 5.91 Å². The molecule has 0 heterocycles. The van der Waals surface area contributed by atoms with E-state index in [4.69, 9.17) is 5.11 Å². The molecule has 0 radical (unpaired) electrons.